The topological polar surface area (TPSA) is 64.1 Å². The van der Waals surface area contributed by atoms with Gasteiger partial charge in [0, 0.05) is 5.75 Å². The van der Waals surface area contributed by atoms with Crippen LogP contribution in [0.25, 0.3) is 0 Å². The Labute approximate surface area is 109 Å². The Bertz CT molecular complexity index is 383. The first-order valence-electron chi connectivity index (χ1n) is 5.22. The summed E-state index contributed by atoms with van der Waals surface area (Å²) in [6.45, 7) is 3.76. The van der Waals surface area contributed by atoms with Crippen LogP contribution in [0.3, 0.4) is 0 Å². The Morgan fingerprint density at radius 2 is 2.29 bits per heavy atom. The maximum Gasteiger partial charge on any atom is 0.325 e. The van der Waals surface area contributed by atoms with Crippen molar-refractivity contribution in [2.24, 2.45) is 0 Å². The van der Waals surface area contributed by atoms with Gasteiger partial charge in [0.1, 0.15) is 10.5 Å². The molecule has 1 unspecified atom stereocenters. The third-order valence-corrected chi connectivity index (χ3v) is 4.50. The van der Waals surface area contributed by atoms with Gasteiger partial charge in [-0.25, -0.2) is 0 Å². The van der Waals surface area contributed by atoms with Gasteiger partial charge in [-0.15, -0.1) is 10.2 Å². The smallest absolute Gasteiger partial charge is 0.325 e. The highest BCUT2D eigenvalue weighted by Crippen LogP contribution is 2.25. The van der Waals surface area contributed by atoms with Gasteiger partial charge in [0.05, 0.1) is 7.11 Å². The highest BCUT2D eigenvalue weighted by molar-refractivity contribution is 8.01. The molecule has 5 nitrogen and oxygen atoms in total. The first-order valence-corrected chi connectivity index (χ1v) is 7.02. The minimum absolute atomic E-state index is 0.242. The second-order valence-corrected chi connectivity index (χ2v) is 6.28. The van der Waals surface area contributed by atoms with Crippen LogP contribution in [-0.2, 0) is 9.53 Å². The van der Waals surface area contributed by atoms with Gasteiger partial charge >= 0.3 is 5.97 Å². The van der Waals surface area contributed by atoms with Crippen molar-refractivity contribution in [3.63, 3.8) is 0 Å². The predicted molar refractivity (Wildman–Crippen MR) is 69.5 cm³/mol. The van der Waals surface area contributed by atoms with Gasteiger partial charge in [-0.3, -0.25) is 4.79 Å². The van der Waals surface area contributed by atoms with Crippen molar-refractivity contribution in [1.82, 2.24) is 15.5 Å². The quantitative estimate of drug-likeness (QED) is 0.627. The van der Waals surface area contributed by atoms with Crippen LogP contribution in [0.2, 0.25) is 0 Å². The van der Waals surface area contributed by atoms with Gasteiger partial charge in [0.2, 0.25) is 0 Å². The first kappa shape index (κ1) is 14.4. The van der Waals surface area contributed by atoms with E-state index >= 15 is 0 Å². The lowest BCUT2D eigenvalue weighted by Gasteiger charge is -2.25. The molecule has 0 spiro atoms. The van der Waals surface area contributed by atoms with Crippen LogP contribution in [0.5, 0.6) is 0 Å². The summed E-state index contributed by atoms with van der Waals surface area (Å²) in [5, 5.41) is 11.9. The predicted octanol–water partition coefficient (Wildman–Crippen LogP) is 1.48. The molecule has 96 valence electrons. The van der Waals surface area contributed by atoms with Crippen LogP contribution in [0.1, 0.15) is 18.4 Å². The average Bonchev–Trinajstić information content (AvgIpc) is 2.73. The number of carbonyl (C=O) groups is 1. The van der Waals surface area contributed by atoms with Crippen LogP contribution in [0.15, 0.2) is 4.34 Å². The molecule has 0 bridgehead atoms. The largest absolute Gasteiger partial charge is 0.468 e. The molecule has 1 N–H and O–H groups in total. The first-order chi connectivity index (χ1) is 8.01. The number of aryl methyl sites for hydroxylation is 1. The summed E-state index contributed by atoms with van der Waals surface area (Å²) in [5.74, 6) is 0.551. The highest BCUT2D eigenvalue weighted by Gasteiger charge is 2.32. The zero-order chi connectivity index (χ0) is 12.9. The van der Waals surface area contributed by atoms with Crippen molar-refractivity contribution >= 4 is 29.1 Å². The lowest BCUT2D eigenvalue weighted by molar-refractivity contribution is -0.147. The summed E-state index contributed by atoms with van der Waals surface area (Å²) < 4.78 is 5.71. The second-order valence-electron chi connectivity index (χ2n) is 3.76. The van der Waals surface area contributed by atoms with Crippen molar-refractivity contribution in [3.05, 3.63) is 5.01 Å². The molecule has 0 aliphatic heterocycles. The maximum atomic E-state index is 11.6. The molecule has 7 heteroatoms. The summed E-state index contributed by atoms with van der Waals surface area (Å²) in [6.07, 6.45) is 0.680. The fourth-order valence-electron chi connectivity index (χ4n) is 1.23. The fraction of sp³-hybridized carbons (Fsp3) is 0.700. The molecule has 0 fully saturated rings. The monoisotopic (exact) mass is 275 g/mol. The van der Waals surface area contributed by atoms with E-state index in [2.05, 4.69) is 15.5 Å². The van der Waals surface area contributed by atoms with E-state index < -0.39 is 5.54 Å². The summed E-state index contributed by atoms with van der Waals surface area (Å²) in [6, 6.07) is 0. The molecule has 0 saturated heterocycles. The van der Waals surface area contributed by atoms with Gasteiger partial charge in [-0.1, -0.05) is 23.1 Å². The number of esters is 1. The Balaban J connectivity index is 2.46. The Kier molecular flexibility index (Phi) is 5.35. The molecular formula is C10H17N3O2S2. The van der Waals surface area contributed by atoms with E-state index in [-0.39, 0.29) is 5.97 Å². The number of rotatable bonds is 6. The van der Waals surface area contributed by atoms with Crippen molar-refractivity contribution < 1.29 is 9.53 Å². The lowest BCUT2D eigenvalue weighted by Crippen LogP contribution is -2.48. The second kappa shape index (κ2) is 6.32. The molecule has 0 aliphatic carbocycles. The number of hydrogen-bond acceptors (Lipinski definition) is 7. The highest BCUT2D eigenvalue weighted by atomic mass is 32.2. The standard InChI is InChI=1S/C10H17N3O2S2/c1-7-12-13-9(17-7)16-6-5-10(2,11-3)8(14)15-4/h11H,5-6H2,1-4H3. The third kappa shape index (κ3) is 3.93. The number of thioether (sulfide) groups is 1. The molecule has 0 amide bonds. The van der Waals surface area contributed by atoms with Crippen molar-refractivity contribution in [2.45, 2.75) is 30.1 Å². The van der Waals surface area contributed by atoms with Crippen LogP contribution in [0, 0.1) is 6.92 Å². The molecule has 0 aromatic carbocycles. The van der Waals surface area contributed by atoms with E-state index in [0.29, 0.717) is 6.42 Å². The minimum atomic E-state index is -0.637. The van der Waals surface area contributed by atoms with E-state index in [9.17, 15) is 4.79 Å². The normalized spacial score (nSPS) is 14.4. The summed E-state index contributed by atoms with van der Waals surface area (Å²) in [5.41, 5.74) is -0.637. The average molecular weight is 275 g/mol. The number of likely N-dealkylation sites (N-methyl/N-ethyl adjacent to an activating group) is 1. The molecule has 1 aromatic rings. The number of methoxy groups -OCH3 is 1. The van der Waals surface area contributed by atoms with Gasteiger partial charge in [-0.2, -0.15) is 0 Å². The lowest BCUT2D eigenvalue weighted by atomic mass is 10.00. The molecule has 0 aliphatic rings. The number of nitrogens with one attached hydrogen (secondary N) is 1. The van der Waals surface area contributed by atoms with Gasteiger partial charge in [0.15, 0.2) is 4.34 Å². The fourth-order valence-corrected chi connectivity index (χ4v) is 3.28. The van der Waals surface area contributed by atoms with Gasteiger partial charge in [0.25, 0.3) is 0 Å². The van der Waals surface area contributed by atoms with Crippen molar-refractivity contribution in [2.75, 3.05) is 19.9 Å². The maximum absolute atomic E-state index is 11.6. The number of ether oxygens (including phenoxy) is 1. The van der Waals surface area contributed by atoms with Crippen molar-refractivity contribution in [1.29, 1.82) is 0 Å². The van der Waals surface area contributed by atoms with E-state index in [1.807, 2.05) is 13.8 Å². The molecule has 17 heavy (non-hydrogen) atoms. The zero-order valence-electron chi connectivity index (χ0n) is 10.4. The summed E-state index contributed by atoms with van der Waals surface area (Å²) >= 11 is 3.17. The number of hydrogen-bond donors (Lipinski definition) is 1. The van der Waals surface area contributed by atoms with E-state index in [0.717, 1.165) is 15.1 Å². The molecule has 0 radical (unpaired) electrons. The Morgan fingerprint density at radius 1 is 1.59 bits per heavy atom. The van der Waals surface area contributed by atoms with E-state index in [1.165, 1.54) is 7.11 Å². The van der Waals surface area contributed by atoms with Crippen molar-refractivity contribution in [3.8, 4) is 0 Å². The molecule has 1 aromatic heterocycles. The molecule has 1 heterocycles. The molecular weight excluding hydrogens is 258 g/mol. The number of nitrogens with zero attached hydrogens (tertiary/aromatic N) is 2. The van der Waals surface area contributed by atoms with Crippen LogP contribution >= 0.6 is 23.1 Å². The Morgan fingerprint density at radius 3 is 2.76 bits per heavy atom. The van der Waals surface area contributed by atoms with E-state index in [4.69, 9.17) is 4.74 Å². The Hall–Kier alpha value is -0.660. The summed E-state index contributed by atoms with van der Waals surface area (Å²) in [7, 11) is 3.16. The third-order valence-electron chi connectivity index (χ3n) is 2.52. The van der Waals surface area contributed by atoms with Crippen LogP contribution in [-0.4, -0.2) is 41.6 Å². The van der Waals surface area contributed by atoms with Gasteiger partial charge in [-0.05, 0) is 27.3 Å². The minimum Gasteiger partial charge on any atom is -0.468 e. The SMILES string of the molecule is CNC(C)(CCSc1nnc(C)s1)C(=O)OC. The number of aromatic nitrogens is 2. The van der Waals surface area contributed by atoms with Crippen LogP contribution in [0.4, 0.5) is 0 Å². The molecule has 0 saturated carbocycles. The number of carbonyl (C=O) groups excluding carboxylic acids is 1. The zero-order valence-corrected chi connectivity index (χ0v) is 12.1. The van der Waals surface area contributed by atoms with E-state index in [1.54, 1.807) is 30.1 Å². The summed E-state index contributed by atoms with van der Waals surface area (Å²) in [4.78, 5) is 11.6. The molecule has 1 atom stereocenters. The van der Waals surface area contributed by atoms with Gasteiger partial charge < -0.3 is 10.1 Å². The van der Waals surface area contributed by atoms with Crippen LogP contribution < -0.4 is 5.32 Å². The molecule has 1 rings (SSSR count).